The van der Waals surface area contributed by atoms with E-state index in [2.05, 4.69) is 30.6 Å². The average molecular weight is 482 g/mol. The number of anilines is 4. The van der Waals surface area contributed by atoms with Crippen LogP contribution in [0, 0.1) is 5.95 Å². The van der Waals surface area contributed by atoms with Crippen molar-refractivity contribution < 1.29 is 14.0 Å². The SMILES string of the molecule is CC1(C(=O)Nc2ccc(F)nc2)CCCN1c1nc(Nc2ncc(C(N)=O)s2)n2cccc2n1. The Labute approximate surface area is 196 Å². The van der Waals surface area contributed by atoms with Crippen LogP contribution in [0.3, 0.4) is 0 Å². The molecule has 13 heteroatoms. The highest BCUT2D eigenvalue weighted by Crippen LogP contribution is 2.34. The zero-order valence-corrected chi connectivity index (χ0v) is 18.8. The Morgan fingerprint density at radius 1 is 1.21 bits per heavy atom. The van der Waals surface area contributed by atoms with Crippen LogP contribution in [-0.2, 0) is 4.79 Å². The monoisotopic (exact) mass is 481 g/mol. The lowest BCUT2D eigenvalue weighted by molar-refractivity contribution is -0.120. The van der Waals surface area contributed by atoms with Crippen LogP contribution in [0.2, 0.25) is 0 Å². The van der Waals surface area contributed by atoms with Crippen molar-refractivity contribution in [3.63, 3.8) is 0 Å². The van der Waals surface area contributed by atoms with Gasteiger partial charge in [-0.1, -0.05) is 11.3 Å². The molecule has 34 heavy (non-hydrogen) atoms. The van der Waals surface area contributed by atoms with Crippen LogP contribution in [0.25, 0.3) is 5.65 Å². The van der Waals surface area contributed by atoms with Crippen molar-refractivity contribution in [2.75, 3.05) is 22.1 Å². The summed E-state index contributed by atoms with van der Waals surface area (Å²) in [6.45, 7) is 2.40. The predicted molar refractivity (Wildman–Crippen MR) is 125 cm³/mol. The second kappa shape index (κ2) is 8.33. The molecule has 4 aromatic rings. The molecule has 4 N–H and O–H groups in total. The number of rotatable bonds is 6. The summed E-state index contributed by atoms with van der Waals surface area (Å²) < 4.78 is 14.9. The van der Waals surface area contributed by atoms with E-state index < -0.39 is 17.4 Å². The third-order valence-electron chi connectivity index (χ3n) is 5.70. The van der Waals surface area contributed by atoms with Crippen LogP contribution in [0.15, 0.2) is 42.9 Å². The zero-order chi connectivity index (χ0) is 23.9. The lowest BCUT2D eigenvalue weighted by Gasteiger charge is -2.34. The number of carbonyl (C=O) groups excluding carboxylic acids is 2. The molecule has 0 radical (unpaired) electrons. The topological polar surface area (TPSA) is 143 Å². The van der Waals surface area contributed by atoms with E-state index in [0.717, 1.165) is 17.8 Å². The Morgan fingerprint density at radius 3 is 2.79 bits per heavy atom. The molecule has 0 aliphatic carbocycles. The number of nitrogens with zero attached hydrogens (tertiary/aromatic N) is 6. The van der Waals surface area contributed by atoms with E-state index in [1.54, 1.807) is 10.6 Å². The standard InChI is InChI=1S/C21H20FN9O2S/c1-21(17(33)26-12-5-6-14(22)24-10-12)7-3-9-31(21)19-27-15-4-2-8-30(15)18(28-19)29-20-25-11-13(34-20)16(23)32/h2,4-6,8,10-11H,3,7,9H2,1H3,(H2,23,32)(H,26,33)(H,25,27,28,29). The Hall–Kier alpha value is -4.13. The fraction of sp³-hybridized carbons (Fsp3) is 0.238. The first-order valence-corrected chi connectivity index (χ1v) is 11.2. The van der Waals surface area contributed by atoms with Crippen molar-refractivity contribution in [2.24, 2.45) is 5.73 Å². The average Bonchev–Trinajstić information content (AvgIpc) is 3.55. The summed E-state index contributed by atoms with van der Waals surface area (Å²) in [5.74, 6) is -0.655. The molecule has 4 aromatic heterocycles. The van der Waals surface area contributed by atoms with Crippen LogP contribution in [0.1, 0.15) is 29.4 Å². The number of nitrogens with two attached hydrogens (primary N) is 1. The Bertz CT molecular complexity index is 1390. The van der Waals surface area contributed by atoms with Gasteiger partial charge in [-0.3, -0.25) is 14.0 Å². The number of carbonyl (C=O) groups is 2. The highest BCUT2D eigenvalue weighted by atomic mass is 32.1. The van der Waals surface area contributed by atoms with Crippen LogP contribution in [0.5, 0.6) is 0 Å². The minimum absolute atomic E-state index is 0.266. The van der Waals surface area contributed by atoms with E-state index >= 15 is 0 Å². The number of nitrogens with one attached hydrogen (secondary N) is 2. The number of hydrogen-bond donors (Lipinski definition) is 3. The van der Waals surface area contributed by atoms with Crippen molar-refractivity contribution in [1.29, 1.82) is 0 Å². The number of fused-ring (bicyclic) bond motifs is 1. The number of halogens is 1. The molecule has 0 saturated carbocycles. The molecule has 1 saturated heterocycles. The van der Waals surface area contributed by atoms with Gasteiger partial charge < -0.3 is 21.3 Å². The van der Waals surface area contributed by atoms with Crippen LogP contribution < -0.4 is 21.3 Å². The maximum atomic E-state index is 13.3. The first kappa shape index (κ1) is 21.7. The maximum Gasteiger partial charge on any atom is 0.260 e. The van der Waals surface area contributed by atoms with E-state index in [4.69, 9.17) is 5.73 Å². The highest BCUT2D eigenvalue weighted by Gasteiger charge is 2.45. The Morgan fingerprint density at radius 2 is 2.06 bits per heavy atom. The summed E-state index contributed by atoms with van der Waals surface area (Å²) in [6.07, 6.45) is 5.81. The number of aromatic nitrogens is 5. The van der Waals surface area contributed by atoms with E-state index in [0.29, 0.717) is 46.2 Å². The van der Waals surface area contributed by atoms with Gasteiger partial charge in [0.25, 0.3) is 5.91 Å². The van der Waals surface area contributed by atoms with E-state index in [9.17, 15) is 14.0 Å². The molecule has 0 spiro atoms. The van der Waals surface area contributed by atoms with Gasteiger partial charge in [-0.15, -0.1) is 0 Å². The summed E-state index contributed by atoms with van der Waals surface area (Å²) in [5.41, 5.74) is 5.42. The highest BCUT2D eigenvalue weighted by molar-refractivity contribution is 7.17. The molecule has 11 nitrogen and oxygen atoms in total. The molecule has 1 aliphatic rings. The second-order valence-electron chi connectivity index (χ2n) is 7.96. The van der Waals surface area contributed by atoms with Gasteiger partial charge in [0.05, 0.1) is 18.1 Å². The normalized spacial score (nSPS) is 17.8. The van der Waals surface area contributed by atoms with Gasteiger partial charge in [0.1, 0.15) is 16.1 Å². The van der Waals surface area contributed by atoms with E-state index in [-0.39, 0.29) is 5.91 Å². The van der Waals surface area contributed by atoms with Crippen molar-refractivity contribution in [3.8, 4) is 0 Å². The van der Waals surface area contributed by atoms with Gasteiger partial charge in [-0.2, -0.15) is 14.4 Å². The predicted octanol–water partition coefficient (Wildman–Crippen LogP) is 2.56. The van der Waals surface area contributed by atoms with Crippen LogP contribution >= 0.6 is 11.3 Å². The smallest absolute Gasteiger partial charge is 0.260 e. The molecule has 1 aliphatic heterocycles. The first-order chi connectivity index (χ1) is 16.3. The summed E-state index contributed by atoms with van der Waals surface area (Å²) in [7, 11) is 0. The molecule has 1 unspecified atom stereocenters. The number of pyridine rings is 1. The first-order valence-electron chi connectivity index (χ1n) is 10.4. The number of hydrogen-bond acceptors (Lipinski definition) is 9. The van der Waals surface area contributed by atoms with Gasteiger partial charge in [0.2, 0.25) is 23.8 Å². The number of amides is 2. The molecule has 174 valence electrons. The molecule has 2 amide bonds. The minimum atomic E-state index is -0.934. The Balaban J connectivity index is 1.47. The van der Waals surface area contributed by atoms with Crippen LogP contribution in [-0.4, -0.2) is 48.2 Å². The molecule has 0 bridgehead atoms. The molecular weight excluding hydrogens is 461 g/mol. The van der Waals surface area contributed by atoms with Gasteiger partial charge in [0, 0.05) is 12.7 Å². The quantitative estimate of drug-likeness (QED) is 0.357. The number of thiazole rings is 1. The fourth-order valence-corrected chi connectivity index (χ4v) is 4.57. The van der Waals surface area contributed by atoms with E-state index in [1.165, 1.54) is 24.5 Å². The molecule has 1 fully saturated rings. The van der Waals surface area contributed by atoms with E-state index in [1.807, 2.05) is 24.0 Å². The van der Waals surface area contributed by atoms with Crippen LogP contribution in [0.4, 0.5) is 27.1 Å². The molecule has 5 rings (SSSR count). The summed E-state index contributed by atoms with van der Waals surface area (Å²) in [6, 6.07) is 6.30. The molecule has 1 atom stereocenters. The van der Waals surface area contributed by atoms with Crippen molar-refractivity contribution in [2.45, 2.75) is 25.3 Å². The van der Waals surface area contributed by atoms with Crippen molar-refractivity contribution in [1.82, 2.24) is 24.3 Å². The number of primary amides is 1. The van der Waals surface area contributed by atoms with Crippen molar-refractivity contribution >= 4 is 51.5 Å². The molecule has 5 heterocycles. The maximum absolute atomic E-state index is 13.3. The minimum Gasteiger partial charge on any atom is -0.365 e. The lowest BCUT2D eigenvalue weighted by atomic mass is 9.97. The molecule has 0 aromatic carbocycles. The summed E-state index contributed by atoms with van der Waals surface area (Å²) in [5, 5.41) is 6.37. The summed E-state index contributed by atoms with van der Waals surface area (Å²) >= 11 is 1.11. The second-order valence-corrected chi connectivity index (χ2v) is 8.99. The molecular formula is C21H20FN9O2S. The van der Waals surface area contributed by atoms with Gasteiger partial charge in [0.15, 0.2) is 5.13 Å². The zero-order valence-electron chi connectivity index (χ0n) is 18.0. The largest absolute Gasteiger partial charge is 0.365 e. The fourth-order valence-electron chi connectivity index (χ4n) is 3.90. The lowest BCUT2D eigenvalue weighted by Crippen LogP contribution is -2.51. The third-order valence-corrected chi connectivity index (χ3v) is 6.63. The third kappa shape index (κ3) is 3.90. The van der Waals surface area contributed by atoms with Gasteiger partial charge >= 0.3 is 0 Å². The summed E-state index contributed by atoms with van der Waals surface area (Å²) in [4.78, 5) is 43.9. The van der Waals surface area contributed by atoms with Gasteiger partial charge in [-0.05, 0) is 44.0 Å². The van der Waals surface area contributed by atoms with Gasteiger partial charge in [-0.25, -0.2) is 9.97 Å². The van der Waals surface area contributed by atoms with Crippen molar-refractivity contribution in [3.05, 3.63) is 53.7 Å². The Kier molecular flexibility index (Phi) is 5.32.